The van der Waals surface area contributed by atoms with Gasteiger partial charge in [0.25, 0.3) is 0 Å². The van der Waals surface area contributed by atoms with Crippen molar-refractivity contribution in [1.82, 2.24) is 14.9 Å². The molecule has 0 saturated carbocycles. The Morgan fingerprint density at radius 3 is 2.75 bits per heavy atom. The Morgan fingerprint density at radius 1 is 1.15 bits per heavy atom. The highest BCUT2D eigenvalue weighted by molar-refractivity contribution is 5.83. The normalized spacial score (nSPS) is 12.7. The predicted molar refractivity (Wildman–Crippen MR) is 82.4 cm³/mol. The van der Waals surface area contributed by atoms with Crippen LogP contribution in [0.2, 0.25) is 0 Å². The van der Waals surface area contributed by atoms with Crippen molar-refractivity contribution in [2.24, 2.45) is 7.05 Å². The van der Waals surface area contributed by atoms with Gasteiger partial charge in [0.1, 0.15) is 0 Å². The molecular formula is C17H19N3. The van der Waals surface area contributed by atoms with Crippen molar-refractivity contribution in [1.29, 1.82) is 0 Å². The van der Waals surface area contributed by atoms with Crippen molar-refractivity contribution in [3.63, 3.8) is 0 Å². The Balaban J connectivity index is 1.77. The molecule has 0 fully saturated rings. The van der Waals surface area contributed by atoms with Crippen molar-refractivity contribution >= 4 is 10.9 Å². The van der Waals surface area contributed by atoms with E-state index in [-0.39, 0.29) is 6.04 Å². The van der Waals surface area contributed by atoms with Crippen LogP contribution < -0.4 is 5.32 Å². The Morgan fingerprint density at radius 2 is 1.95 bits per heavy atom. The molecule has 3 aromatic rings. The van der Waals surface area contributed by atoms with Gasteiger partial charge >= 0.3 is 0 Å². The summed E-state index contributed by atoms with van der Waals surface area (Å²) < 4.78 is 2.18. The van der Waals surface area contributed by atoms with E-state index in [9.17, 15) is 0 Å². The van der Waals surface area contributed by atoms with Crippen LogP contribution in [-0.4, -0.2) is 9.55 Å². The third-order valence-corrected chi connectivity index (χ3v) is 3.71. The Hall–Kier alpha value is -2.13. The molecule has 0 aliphatic rings. The number of nitrogens with zero attached hydrogens (tertiary/aromatic N) is 2. The molecular weight excluding hydrogens is 246 g/mol. The van der Waals surface area contributed by atoms with Gasteiger partial charge in [0.2, 0.25) is 0 Å². The van der Waals surface area contributed by atoms with Gasteiger partial charge in [-0.3, -0.25) is 4.98 Å². The van der Waals surface area contributed by atoms with E-state index in [2.05, 4.69) is 65.4 Å². The van der Waals surface area contributed by atoms with Gasteiger partial charge in [-0.05, 0) is 30.7 Å². The van der Waals surface area contributed by atoms with Gasteiger partial charge in [0.15, 0.2) is 0 Å². The van der Waals surface area contributed by atoms with Crippen molar-refractivity contribution < 1.29 is 0 Å². The van der Waals surface area contributed by atoms with Crippen LogP contribution in [0.5, 0.6) is 0 Å². The van der Waals surface area contributed by atoms with E-state index in [0.717, 1.165) is 12.2 Å². The number of hydrogen-bond acceptors (Lipinski definition) is 2. The summed E-state index contributed by atoms with van der Waals surface area (Å²) in [7, 11) is 2.09. The molecule has 2 aromatic heterocycles. The highest BCUT2D eigenvalue weighted by atomic mass is 15.0. The van der Waals surface area contributed by atoms with Gasteiger partial charge in [-0.2, -0.15) is 0 Å². The average molecular weight is 265 g/mol. The van der Waals surface area contributed by atoms with Crippen LogP contribution in [0.3, 0.4) is 0 Å². The molecule has 0 aliphatic heterocycles. The fraction of sp³-hybridized carbons (Fsp3) is 0.235. The molecule has 2 heterocycles. The maximum absolute atomic E-state index is 4.39. The standard InChI is InChI=1S/C17H19N3/c1-13(16-8-5-6-10-18-16)19-11-14-12-20(2)17-9-4-3-7-15(14)17/h3-10,12-13,19H,11H2,1-2H3/t13-/m0/s1. The molecule has 102 valence electrons. The molecule has 1 atom stereocenters. The highest BCUT2D eigenvalue weighted by Crippen LogP contribution is 2.21. The minimum absolute atomic E-state index is 0.246. The van der Waals surface area contributed by atoms with E-state index in [4.69, 9.17) is 0 Å². The topological polar surface area (TPSA) is 29.9 Å². The molecule has 0 radical (unpaired) electrons. The molecule has 0 aliphatic carbocycles. The van der Waals surface area contributed by atoms with E-state index in [1.165, 1.54) is 16.5 Å². The summed E-state index contributed by atoms with van der Waals surface area (Å²) in [5.41, 5.74) is 3.67. The first kappa shape index (κ1) is 12.9. The van der Waals surface area contributed by atoms with Crippen molar-refractivity contribution in [3.8, 4) is 0 Å². The van der Waals surface area contributed by atoms with Crippen molar-refractivity contribution in [3.05, 3.63) is 66.1 Å². The summed E-state index contributed by atoms with van der Waals surface area (Å²) in [5.74, 6) is 0. The van der Waals surface area contributed by atoms with Crippen LogP contribution in [0.25, 0.3) is 10.9 Å². The summed E-state index contributed by atoms with van der Waals surface area (Å²) in [4.78, 5) is 4.39. The molecule has 0 saturated heterocycles. The molecule has 3 heteroatoms. The maximum atomic E-state index is 4.39. The summed E-state index contributed by atoms with van der Waals surface area (Å²) in [6, 6.07) is 14.8. The lowest BCUT2D eigenvalue weighted by Crippen LogP contribution is -2.18. The lowest BCUT2D eigenvalue weighted by molar-refractivity contribution is 0.562. The number of pyridine rings is 1. The number of para-hydroxylation sites is 1. The van der Waals surface area contributed by atoms with Crippen LogP contribution >= 0.6 is 0 Å². The second-order valence-electron chi connectivity index (χ2n) is 5.14. The molecule has 0 amide bonds. The quantitative estimate of drug-likeness (QED) is 0.783. The summed E-state index contributed by atoms with van der Waals surface area (Å²) in [6.45, 7) is 2.99. The molecule has 3 nitrogen and oxygen atoms in total. The van der Waals surface area contributed by atoms with Gasteiger partial charge in [-0.25, -0.2) is 0 Å². The van der Waals surface area contributed by atoms with Gasteiger partial charge in [0, 0.05) is 42.9 Å². The molecule has 0 bridgehead atoms. The van der Waals surface area contributed by atoms with Crippen molar-refractivity contribution in [2.45, 2.75) is 19.5 Å². The summed E-state index contributed by atoms with van der Waals surface area (Å²) >= 11 is 0. The summed E-state index contributed by atoms with van der Waals surface area (Å²) in [5, 5.41) is 4.86. The lowest BCUT2D eigenvalue weighted by atomic mass is 10.1. The SMILES string of the molecule is C[C@H](NCc1cn(C)c2ccccc12)c1ccccn1. The van der Waals surface area contributed by atoms with E-state index >= 15 is 0 Å². The highest BCUT2D eigenvalue weighted by Gasteiger charge is 2.09. The fourth-order valence-corrected chi connectivity index (χ4v) is 2.57. The molecule has 0 spiro atoms. The van der Waals surface area contributed by atoms with E-state index in [1.807, 2.05) is 18.3 Å². The first-order valence-electron chi connectivity index (χ1n) is 6.93. The zero-order chi connectivity index (χ0) is 13.9. The van der Waals surface area contributed by atoms with Crippen LogP contribution in [-0.2, 0) is 13.6 Å². The third kappa shape index (κ3) is 2.45. The molecule has 1 N–H and O–H groups in total. The third-order valence-electron chi connectivity index (χ3n) is 3.71. The number of hydrogen-bond donors (Lipinski definition) is 1. The lowest BCUT2D eigenvalue weighted by Gasteiger charge is -2.12. The van der Waals surface area contributed by atoms with Crippen LogP contribution in [0.1, 0.15) is 24.2 Å². The zero-order valence-corrected chi connectivity index (χ0v) is 11.9. The smallest absolute Gasteiger partial charge is 0.0570 e. The second-order valence-corrected chi connectivity index (χ2v) is 5.14. The van der Waals surface area contributed by atoms with Crippen molar-refractivity contribution in [2.75, 3.05) is 0 Å². The number of aryl methyl sites for hydroxylation is 1. The largest absolute Gasteiger partial charge is 0.350 e. The number of rotatable bonds is 4. The Labute approximate surface area is 119 Å². The van der Waals surface area contributed by atoms with E-state index in [1.54, 1.807) is 0 Å². The monoisotopic (exact) mass is 265 g/mol. The first-order chi connectivity index (χ1) is 9.75. The van der Waals surface area contributed by atoms with Crippen LogP contribution in [0.15, 0.2) is 54.9 Å². The minimum Gasteiger partial charge on any atom is -0.350 e. The van der Waals surface area contributed by atoms with E-state index < -0.39 is 0 Å². The second kappa shape index (κ2) is 5.47. The van der Waals surface area contributed by atoms with Gasteiger partial charge < -0.3 is 9.88 Å². The van der Waals surface area contributed by atoms with Gasteiger partial charge in [-0.1, -0.05) is 24.3 Å². The molecule has 3 rings (SSSR count). The number of fused-ring (bicyclic) bond motifs is 1. The van der Waals surface area contributed by atoms with Gasteiger partial charge in [-0.15, -0.1) is 0 Å². The van der Waals surface area contributed by atoms with Gasteiger partial charge in [0.05, 0.1) is 5.69 Å². The Bertz CT molecular complexity index is 701. The predicted octanol–water partition coefficient (Wildman–Crippen LogP) is 3.42. The molecule has 0 unspecified atom stereocenters. The van der Waals surface area contributed by atoms with Crippen LogP contribution in [0.4, 0.5) is 0 Å². The maximum Gasteiger partial charge on any atom is 0.0570 e. The Kier molecular flexibility index (Phi) is 3.52. The molecule has 20 heavy (non-hydrogen) atoms. The number of benzene rings is 1. The summed E-state index contributed by atoms with van der Waals surface area (Å²) in [6.07, 6.45) is 4.04. The average Bonchev–Trinajstić information content (AvgIpc) is 2.83. The first-order valence-corrected chi connectivity index (χ1v) is 6.93. The number of nitrogens with one attached hydrogen (secondary N) is 1. The molecule has 1 aromatic carbocycles. The zero-order valence-electron chi connectivity index (χ0n) is 11.9. The van der Waals surface area contributed by atoms with E-state index in [0.29, 0.717) is 0 Å². The number of aromatic nitrogens is 2. The minimum atomic E-state index is 0.246. The van der Waals surface area contributed by atoms with Crippen LogP contribution in [0, 0.1) is 0 Å². The fourth-order valence-electron chi connectivity index (χ4n) is 2.57.